The molecule has 1 aromatic carbocycles. The Morgan fingerprint density at radius 1 is 1.36 bits per heavy atom. The van der Waals surface area contributed by atoms with Crippen molar-refractivity contribution in [2.45, 2.75) is 6.54 Å². The van der Waals surface area contributed by atoms with Crippen LogP contribution in [0.2, 0.25) is 0 Å². The van der Waals surface area contributed by atoms with Crippen LogP contribution >= 0.6 is 0 Å². The standard InChI is InChI=1S/C8H9F2N/c1-11-5-6-3-2-4-7(9)8(6)10/h2-4H,1,5,11H2. The van der Waals surface area contributed by atoms with Crippen molar-refractivity contribution in [1.82, 2.24) is 0 Å². The molecular weight excluding hydrogens is 148 g/mol. The Bertz CT molecular complexity index is 248. The predicted molar refractivity (Wildman–Crippen MR) is 37.3 cm³/mol. The Labute approximate surface area is 64.0 Å². The monoisotopic (exact) mass is 157 g/mol. The van der Waals surface area contributed by atoms with Gasteiger partial charge in [0, 0.05) is 5.56 Å². The Kier molecular flexibility index (Phi) is 2.54. The normalized spacial score (nSPS) is 10.1. The summed E-state index contributed by atoms with van der Waals surface area (Å²) < 4.78 is 25.3. The Balaban J connectivity index is 2.96. The highest BCUT2D eigenvalue weighted by Gasteiger charge is 2.05. The molecule has 0 atom stereocenters. The molecule has 0 unspecified atom stereocenters. The topological polar surface area (TPSA) is 16.6 Å². The van der Waals surface area contributed by atoms with Crippen LogP contribution in [0.25, 0.3) is 0 Å². The molecule has 3 heteroatoms. The third-order valence-corrected chi connectivity index (χ3v) is 1.40. The van der Waals surface area contributed by atoms with E-state index in [2.05, 4.69) is 7.05 Å². The third kappa shape index (κ3) is 1.74. The van der Waals surface area contributed by atoms with Crippen molar-refractivity contribution in [3.8, 4) is 0 Å². The smallest absolute Gasteiger partial charge is 0.167 e. The predicted octanol–water partition coefficient (Wildman–Crippen LogP) is 0.820. The number of benzene rings is 1. The van der Waals surface area contributed by atoms with E-state index in [1.54, 1.807) is 6.07 Å². The van der Waals surface area contributed by atoms with E-state index < -0.39 is 11.6 Å². The number of hydrogen-bond acceptors (Lipinski definition) is 0. The van der Waals surface area contributed by atoms with Crippen LogP contribution in [0.5, 0.6) is 0 Å². The summed E-state index contributed by atoms with van der Waals surface area (Å²) in [5.41, 5.74) is 0.347. The van der Waals surface area contributed by atoms with Gasteiger partial charge in [0.15, 0.2) is 11.6 Å². The second-order valence-electron chi connectivity index (χ2n) is 2.21. The zero-order valence-corrected chi connectivity index (χ0v) is 5.98. The van der Waals surface area contributed by atoms with E-state index in [9.17, 15) is 8.78 Å². The lowest BCUT2D eigenvalue weighted by Crippen LogP contribution is -2.75. The lowest BCUT2D eigenvalue weighted by Gasteiger charge is -2.01. The second kappa shape index (κ2) is 3.44. The van der Waals surface area contributed by atoms with E-state index in [4.69, 9.17) is 0 Å². The molecule has 2 N–H and O–H groups in total. The van der Waals surface area contributed by atoms with Crippen molar-refractivity contribution in [2.75, 3.05) is 0 Å². The SMILES string of the molecule is [CH2-][NH2+]Cc1cccc(F)c1F. The Morgan fingerprint density at radius 2 is 2.09 bits per heavy atom. The summed E-state index contributed by atoms with van der Waals surface area (Å²) in [7, 11) is 3.44. The molecule has 0 aliphatic heterocycles. The summed E-state index contributed by atoms with van der Waals surface area (Å²) >= 11 is 0. The lowest BCUT2D eigenvalue weighted by atomic mass is 10.2. The van der Waals surface area contributed by atoms with Gasteiger partial charge in [-0.15, -0.1) is 0 Å². The van der Waals surface area contributed by atoms with Gasteiger partial charge < -0.3 is 5.32 Å². The van der Waals surface area contributed by atoms with Gasteiger partial charge in [-0.05, 0) is 6.07 Å². The Morgan fingerprint density at radius 3 is 2.73 bits per heavy atom. The van der Waals surface area contributed by atoms with Crippen molar-refractivity contribution in [3.63, 3.8) is 0 Å². The van der Waals surface area contributed by atoms with Gasteiger partial charge >= 0.3 is 0 Å². The van der Waals surface area contributed by atoms with Crippen LogP contribution in [0, 0.1) is 18.7 Å². The van der Waals surface area contributed by atoms with Crippen LogP contribution in [0.4, 0.5) is 8.78 Å². The van der Waals surface area contributed by atoms with Crippen LogP contribution in [-0.4, -0.2) is 0 Å². The first-order valence-electron chi connectivity index (χ1n) is 3.29. The molecule has 0 bridgehead atoms. The minimum absolute atomic E-state index is 0.347. The third-order valence-electron chi connectivity index (χ3n) is 1.40. The van der Waals surface area contributed by atoms with Crippen molar-refractivity contribution in [2.24, 2.45) is 0 Å². The summed E-state index contributed by atoms with van der Waals surface area (Å²) in [4.78, 5) is 0. The first-order valence-corrected chi connectivity index (χ1v) is 3.29. The highest BCUT2D eigenvalue weighted by atomic mass is 19.2. The quantitative estimate of drug-likeness (QED) is 0.612. The number of rotatable bonds is 2. The van der Waals surface area contributed by atoms with Gasteiger partial charge in [0.25, 0.3) is 0 Å². The summed E-state index contributed by atoms with van der Waals surface area (Å²) in [6.07, 6.45) is 0. The molecule has 0 amide bonds. The fourth-order valence-corrected chi connectivity index (χ4v) is 0.862. The summed E-state index contributed by atoms with van der Waals surface area (Å²) in [6.45, 7) is 0.365. The van der Waals surface area contributed by atoms with Crippen molar-refractivity contribution in [3.05, 3.63) is 42.4 Å². The summed E-state index contributed by atoms with van der Waals surface area (Å²) in [5.74, 6) is -1.57. The maximum atomic E-state index is 12.8. The van der Waals surface area contributed by atoms with E-state index in [-0.39, 0.29) is 0 Å². The first-order chi connectivity index (χ1) is 5.25. The highest BCUT2D eigenvalue weighted by Crippen LogP contribution is 2.09. The van der Waals surface area contributed by atoms with Crippen LogP contribution in [0.15, 0.2) is 18.2 Å². The molecule has 0 radical (unpaired) electrons. The average Bonchev–Trinajstić information content (AvgIpc) is 1.99. The molecule has 0 aromatic heterocycles. The first kappa shape index (κ1) is 8.14. The highest BCUT2D eigenvalue weighted by molar-refractivity contribution is 5.17. The molecule has 1 nitrogen and oxygen atoms in total. The average molecular weight is 157 g/mol. The fourth-order valence-electron chi connectivity index (χ4n) is 0.862. The van der Waals surface area contributed by atoms with Crippen molar-refractivity contribution < 1.29 is 14.1 Å². The van der Waals surface area contributed by atoms with Crippen LogP contribution < -0.4 is 5.32 Å². The number of nitrogens with two attached hydrogens (primary N) is 1. The molecule has 60 valence electrons. The number of hydrogen-bond donors (Lipinski definition) is 1. The van der Waals surface area contributed by atoms with E-state index in [1.807, 2.05) is 0 Å². The zero-order chi connectivity index (χ0) is 8.27. The molecule has 0 fully saturated rings. The molecule has 0 saturated heterocycles. The molecule has 1 rings (SSSR count). The van der Waals surface area contributed by atoms with E-state index >= 15 is 0 Å². The van der Waals surface area contributed by atoms with Gasteiger partial charge in [0.1, 0.15) is 0 Å². The molecular formula is C8H9F2N. The lowest BCUT2D eigenvalue weighted by molar-refractivity contribution is -0.612. The van der Waals surface area contributed by atoms with Crippen LogP contribution in [-0.2, 0) is 6.54 Å². The molecule has 0 aliphatic carbocycles. The molecule has 0 spiro atoms. The molecule has 11 heavy (non-hydrogen) atoms. The maximum absolute atomic E-state index is 12.8. The fraction of sp³-hybridized carbons (Fsp3) is 0.125. The van der Waals surface area contributed by atoms with Crippen molar-refractivity contribution in [1.29, 1.82) is 0 Å². The van der Waals surface area contributed by atoms with Crippen LogP contribution in [0.1, 0.15) is 5.56 Å². The number of halogens is 2. The van der Waals surface area contributed by atoms with Crippen LogP contribution in [0.3, 0.4) is 0 Å². The minimum atomic E-state index is -0.802. The minimum Gasteiger partial charge on any atom is -0.475 e. The number of quaternary nitrogens is 1. The van der Waals surface area contributed by atoms with Gasteiger partial charge in [-0.3, -0.25) is 0 Å². The van der Waals surface area contributed by atoms with Gasteiger partial charge in [-0.2, -0.15) is 7.05 Å². The zero-order valence-electron chi connectivity index (χ0n) is 5.98. The van der Waals surface area contributed by atoms with Gasteiger partial charge in [0.05, 0.1) is 6.54 Å². The summed E-state index contributed by atoms with van der Waals surface area (Å²) in [6, 6.07) is 4.12. The molecule has 0 aliphatic rings. The molecule has 0 saturated carbocycles. The maximum Gasteiger partial charge on any atom is 0.167 e. The van der Waals surface area contributed by atoms with Gasteiger partial charge in [0.2, 0.25) is 0 Å². The van der Waals surface area contributed by atoms with Gasteiger partial charge in [-0.25, -0.2) is 8.78 Å². The van der Waals surface area contributed by atoms with Crippen molar-refractivity contribution >= 4 is 0 Å². The molecule has 0 heterocycles. The van der Waals surface area contributed by atoms with E-state index in [0.29, 0.717) is 12.1 Å². The van der Waals surface area contributed by atoms with Gasteiger partial charge in [-0.1, -0.05) is 12.1 Å². The molecule has 1 aromatic rings. The Hall–Kier alpha value is -0.960. The van der Waals surface area contributed by atoms with E-state index in [0.717, 1.165) is 6.07 Å². The summed E-state index contributed by atoms with van der Waals surface area (Å²) in [5, 5.41) is 1.54. The van der Waals surface area contributed by atoms with E-state index in [1.165, 1.54) is 11.4 Å². The second-order valence-corrected chi connectivity index (χ2v) is 2.21. The largest absolute Gasteiger partial charge is 0.475 e.